The predicted molar refractivity (Wildman–Crippen MR) is 92.1 cm³/mol. The average Bonchev–Trinajstić information content (AvgIpc) is 2.49. The van der Waals surface area contributed by atoms with Crippen molar-refractivity contribution in [3.8, 4) is 0 Å². The lowest BCUT2D eigenvalue weighted by atomic mass is 9.81. The molecule has 0 saturated carbocycles. The van der Waals surface area contributed by atoms with Crippen LogP contribution in [0.5, 0.6) is 0 Å². The third kappa shape index (κ3) is 5.67. The van der Waals surface area contributed by atoms with Crippen LogP contribution in [0, 0.1) is 5.41 Å². The summed E-state index contributed by atoms with van der Waals surface area (Å²) in [7, 11) is 0. The van der Waals surface area contributed by atoms with E-state index in [0.29, 0.717) is 19.3 Å². The second-order valence-electron chi connectivity index (χ2n) is 5.96. The maximum atomic E-state index is 12.5. The Morgan fingerprint density at radius 2 is 1.67 bits per heavy atom. The van der Waals surface area contributed by atoms with Crippen LogP contribution < -0.4 is 11.1 Å². The minimum atomic E-state index is -4.33. The molecule has 1 aromatic rings. The Balaban J connectivity index is 0.00000529. The van der Waals surface area contributed by atoms with Crippen LogP contribution in [-0.2, 0) is 17.4 Å². The maximum Gasteiger partial charge on any atom is 0.416 e. The van der Waals surface area contributed by atoms with E-state index >= 15 is 0 Å². The van der Waals surface area contributed by atoms with E-state index in [1.165, 1.54) is 12.1 Å². The van der Waals surface area contributed by atoms with Gasteiger partial charge in [-0.05, 0) is 43.9 Å². The molecule has 0 saturated heterocycles. The summed E-state index contributed by atoms with van der Waals surface area (Å²) in [4.78, 5) is 12.4. The van der Waals surface area contributed by atoms with Gasteiger partial charge in [0, 0.05) is 12.6 Å². The van der Waals surface area contributed by atoms with E-state index in [1.54, 1.807) is 0 Å². The van der Waals surface area contributed by atoms with Gasteiger partial charge >= 0.3 is 6.18 Å². The molecule has 0 aromatic heterocycles. The van der Waals surface area contributed by atoms with E-state index in [-0.39, 0.29) is 30.9 Å². The van der Waals surface area contributed by atoms with E-state index in [0.717, 1.165) is 17.7 Å². The number of carbonyl (C=O) groups is 1. The molecule has 0 radical (unpaired) electrons. The largest absolute Gasteiger partial charge is 0.416 e. The second-order valence-corrected chi connectivity index (χ2v) is 5.96. The maximum absolute atomic E-state index is 12.5. The van der Waals surface area contributed by atoms with Gasteiger partial charge in [0.05, 0.1) is 11.0 Å². The van der Waals surface area contributed by atoms with E-state index < -0.39 is 17.2 Å². The summed E-state index contributed by atoms with van der Waals surface area (Å²) in [6.45, 7) is 5.97. The number of halogens is 4. The number of hydrogen-bond donors (Lipinski definition) is 2. The molecule has 0 spiro atoms. The van der Waals surface area contributed by atoms with Crippen LogP contribution in [-0.4, -0.2) is 18.5 Å². The Bertz CT molecular complexity index is 505. The highest BCUT2D eigenvalue weighted by Crippen LogP contribution is 2.29. The van der Waals surface area contributed by atoms with Crippen molar-refractivity contribution in [1.82, 2.24) is 5.32 Å². The number of nitrogens with two attached hydrogens (primary N) is 1. The number of rotatable bonds is 7. The fourth-order valence-electron chi connectivity index (χ4n) is 2.56. The highest BCUT2D eigenvalue weighted by molar-refractivity contribution is 5.85. The molecule has 7 heteroatoms. The second kappa shape index (κ2) is 9.28. The summed E-state index contributed by atoms with van der Waals surface area (Å²) in [5.74, 6) is -0.0931. The Morgan fingerprint density at radius 1 is 1.17 bits per heavy atom. The van der Waals surface area contributed by atoms with Gasteiger partial charge in [-0.1, -0.05) is 26.0 Å². The van der Waals surface area contributed by atoms with Crippen molar-refractivity contribution in [3.63, 3.8) is 0 Å². The highest BCUT2D eigenvalue weighted by Gasteiger charge is 2.34. The predicted octanol–water partition coefficient (Wildman–Crippen LogP) is 3.94. The van der Waals surface area contributed by atoms with E-state index in [4.69, 9.17) is 5.73 Å². The minimum absolute atomic E-state index is 0. The molecule has 3 nitrogen and oxygen atoms in total. The van der Waals surface area contributed by atoms with Gasteiger partial charge in [-0.15, -0.1) is 12.4 Å². The SMILES string of the molecule is CCC(CC)(CN)C(=O)NC(C)Cc1ccc(C(F)(F)F)cc1.Cl. The van der Waals surface area contributed by atoms with Gasteiger partial charge < -0.3 is 11.1 Å². The standard InChI is InChI=1S/C17H25F3N2O.ClH/c1-4-16(5-2,11-21)15(23)22-12(3)10-13-6-8-14(9-7-13)17(18,19)20;/h6-9,12H,4-5,10-11,21H2,1-3H3,(H,22,23);1H. The first-order valence-electron chi connectivity index (χ1n) is 7.85. The monoisotopic (exact) mass is 366 g/mol. The first-order chi connectivity index (χ1) is 10.7. The first kappa shape index (κ1) is 22.7. The van der Waals surface area contributed by atoms with Gasteiger partial charge in [0.2, 0.25) is 5.91 Å². The fraction of sp³-hybridized carbons (Fsp3) is 0.588. The topological polar surface area (TPSA) is 55.1 Å². The molecule has 1 amide bonds. The quantitative estimate of drug-likeness (QED) is 0.768. The molecule has 0 fully saturated rings. The third-order valence-electron chi connectivity index (χ3n) is 4.43. The lowest BCUT2D eigenvalue weighted by molar-refractivity contribution is -0.137. The number of nitrogens with one attached hydrogen (secondary N) is 1. The summed E-state index contributed by atoms with van der Waals surface area (Å²) in [6, 6.07) is 4.84. The Kier molecular flexibility index (Phi) is 8.78. The van der Waals surface area contributed by atoms with Crippen LogP contribution in [0.2, 0.25) is 0 Å². The van der Waals surface area contributed by atoms with Crippen LogP contribution in [0.3, 0.4) is 0 Å². The van der Waals surface area contributed by atoms with Crippen molar-refractivity contribution in [2.75, 3.05) is 6.54 Å². The third-order valence-corrected chi connectivity index (χ3v) is 4.43. The molecule has 1 unspecified atom stereocenters. The summed E-state index contributed by atoms with van der Waals surface area (Å²) in [5.41, 5.74) is 5.25. The van der Waals surface area contributed by atoms with Gasteiger partial charge in [0.25, 0.3) is 0 Å². The van der Waals surface area contributed by atoms with Crippen molar-refractivity contribution in [2.45, 2.75) is 52.3 Å². The smallest absolute Gasteiger partial charge is 0.353 e. The molecule has 3 N–H and O–H groups in total. The molecule has 1 aromatic carbocycles. The lowest BCUT2D eigenvalue weighted by Gasteiger charge is -2.30. The highest BCUT2D eigenvalue weighted by atomic mass is 35.5. The molecule has 0 aliphatic heterocycles. The molecule has 0 bridgehead atoms. The molecule has 138 valence electrons. The normalized spacial score (nSPS) is 13.1. The number of hydrogen-bond acceptors (Lipinski definition) is 2. The van der Waals surface area contributed by atoms with Crippen molar-refractivity contribution in [3.05, 3.63) is 35.4 Å². The number of amides is 1. The van der Waals surface area contributed by atoms with Crippen molar-refractivity contribution >= 4 is 18.3 Å². The molecular weight excluding hydrogens is 341 g/mol. The molecule has 0 heterocycles. The van der Waals surface area contributed by atoms with Gasteiger partial charge in [0.15, 0.2) is 0 Å². The molecule has 24 heavy (non-hydrogen) atoms. The van der Waals surface area contributed by atoms with Crippen LogP contribution in [0.25, 0.3) is 0 Å². The van der Waals surface area contributed by atoms with Crippen molar-refractivity contribution < 1.29 is 18.0 Å². The molecule has 1 atom stereocenters. The summed E-state index contributed by atoms with van der Waals surface area (Å²) in [6.07, 6.45) is -2.56. The molecule has 0 aliphatic carbocycles. The number of carbonyl (C=O) groups excluding carboxylic acids is 1. The average molecular weight is 367 g/mol. The zero-order chi connectivity index (χ0) is 17.7. The lowest BCUT2D eigenvalue weighted by Crippen LogP contribution is -2.48. The van der Waals surface area contributed by atoms with E-state index in [1.807, 2.05) is 20.8 Å². The zero-order valence-corrected chi connectivity index (χ0v) is 15.1. The van der Waals surface area contributed by atoms with Crippen molar-refractivity contribution in [1.29, 1.82) is 0 Å². The Labute approximate surface area is 147 Å². The van der Waals surface area contributed by atoms with Gasteiger partial charge in [-0.3, -0.25) is 4.79 Å². The van der Waals surface area contributed by atoms with Gasteiger partial charge in [0.1, 0.15) is 0 Å². The van der Waals surface area contributed by atoms with Gasteiger partial charge in [-0.25, -0.2) is 0 Å². The number of benzene rings is 1. The Morgan fingerprint density at radius 3 is 2.04 bits per heavy atom. The summed E-state index contributed by atoms with van der Waals surface area (Å²) >= 11 is 0. The molecule has 1 rings (SSSR count). The van der Waals surface area contributed by atoms with Crippen molar-refractivity contribution in [2.24, 2.45) is 11.1 Å². The number of alkyl halides is 3. The van der Waals surface area contributed by atoms with Crippen LogP contribution in [0.15, 0.2) is 24.3 Å². The van der Waals surface area contributed by atoms with Gasteiger partial charge in [-0.2, -0.15) is 13.2 Å². The minimum Gasteiger partial charge on any atom is -0.353 e. The zero-order valence-electron chi connectivity index (χ0n) is 14.2. The van der Waals surface area contributed by atoms with Crippen LogP contribution in [0.4, 0.5) is 13.2 Å². The Hall–Kier alpha value is -1.27. The van der Waals surface area contributed by atoms with E-state index in [9.17, 15) is 18.0 Å². The van der Waals surface area contributed by atoms with Crippen LogP contribution in [0.1, 0.15) is 44.7 Å². The summed E-state index contributed by atoms with van der Waals surface area (Å²) < 4.78 is 37.6. The summed E-state index contributed by atoms with van der Waals surface area (Å²) in [5, 5.41) is 2.93. The van der Waals surface area contributed by atoms with E-state index in [2.05, 4.69) is 5.32 Å². The van der Waals surface area contributed by atoms with Crippen LogP contribution >= 0.6 is 12.4 Å². The fourth-order valence-corrected chi connectivity index (χ4v) is 2.56. The molecule has 0 aliphatic rings. The molecular formula is C17H26ClF3N2O. The first-order valence-corrected chi connectivity index (χ1v) is 7.85.